The summed E-state index contributed by atoms with van der Waals surface area (Å²) >= 11 is 0. The Morgan fingerprint density at radius 2 is 2.05 bits per heavy atom. The predicted molar refractivity (Wildman–Crippen MR) is 79.6 cm³/mol. The third-order valence-corrected chi connectivity index (χ3v) is 4.72. The summed E-state index contributed by atoms with van der Waals surface area (Å²) in [5, 5.41) is 3.66. The molecule has 1 N–H and O–H groups in total. The lowest BCUT2D eigenvalue weighted by Gasteiger charge is -2.50. The number of hydrogen-bond donors (Lipinski definition) is 1. The maximum absolute atomic E-state index is 4.48. The van der Waals surface area contributed by atoms with E-state index < -0.39 is 0 Å². The van der Waals surface area contributed by atoms with Crippen LogP contribution in [0, 0.1) is 6.92 Å². The third-order valence-electron chi connectivity index (χ3n) is 4.72. The second-order valence-electron chi connectivity index (χ2n) is 5.98. The van der Waals surface area contributed by atoms with Gasteiger partial charge in [-0.05, 0) is 57.7 Å². The van der Waals surface area contributed by atoms with Crippen LogP contribution in [-0.2, 0) is 0 Å². The number of pyridine rings is 1. The van der Waals surface area contributed by atoms with E-state index in [1.165, 1.54) is 43.5 Å². The Bertz CT molecular complexity index is 418. The number of nitrogens with zero attached hydrogens (tertiary/aromatic N) is 2. The van der Waals surface area contributed by atoms with Gasteiger partial charge in [0.25, 0.3) is 0 Å². The summed E-state index contributed by atoms with van der Waals surface area (Å²) in [7, 11) is 0. The van der Waals surface area contributed by atoms with E-state index in [4.69, 9.17) is 0 Å². The second kappa shape index (κ2) is 5.49. The zero-order valence-corrected chi connectivity index (χ0v) is 12.1. The number of anilines is 1. The van der Waals surface area contributed by atoms with Gasteiger partial charge in [0.1, 0.15) is 0 Å². The van der Waals surface area contributed by atoms with Crippen LogP contribution in [0.2, 0.25) is 0 Å². The number of rotatable bonds is 3. The van der Waals surface area contributed by atoms with Gasteiger partial charge in [0.15, 0.2) is 0 Å². The van der Waals surface area contributed by atoms with Gasteiger partial charge < -0.3 is 10.2 Å². The van der Waals surface area contributed by atoms with Crippen LogP contribution < -0.4 is 10.2 Å². The summed E-state index contributed by atoms with van der Waals surface area (Å²) in [5.74, 6) is 0. The summed E-state index contributed by atoms with van der Waals surface area (Å²) in [6.45, 7) is 5.45. The molecule has 19 heavy (non-hydrogen) atoms. The lowest BCUT2D eigenvalue weighted by atomic mass is 9.81. The van der Waals surface area contributed by atoms with Crippen LogP contribution in [-0.4, -0.2) is 29.7 Å². The highest BCUT2D eigenvalue weighted by atomic mass is 15.2. The second-order valence-corrected chi connectivity index (χ2v) is 5.98. The zero-order valence-electron chi connectivity index (χ0n) is 12.1. The standard InChI is InChI=1S/C16H25N3/c1-3-17-13-10-14-6-4-7-15(11-13)19(14)16-8-5-9-18-12(16)2/h5,8-9,13-15,17H,3-4,6-7,10-11H2,1-2H3. The summed E-state index contributed by atoms with van der Waals surface area (Å²) in [6, 6.07) is 6.46. The fourth-order valence-electron chi connectivity index (χ4n) is 3.98. The molecule has 1 aromatic rings. The van der Waals surface area contributed by atoms with Crippen molar-refractivity contribution in [1.29, 1.82) is 0 Å². The normalized spacial score (nSPS) is 30.4. The summed E-state index contributed by atoms with van der Waals surface area (Å²) < 4.78 is 0. The van der Waals surface area contributed by atoms with E-state index in [0.29, 0.717) is 18.1 Å². The van der Waals surface area contributed by atoms with E-state index in [2.05, 4.69) is 41.2 Å². The first-order chi connectivity index (χ1) is 9.29. The molecule has 0 aromatic carbocycles. The largest absolute Gasteiger partial charge is 0.364 e. The highest BCUT2D eigenvalue weighted by molar-refractivity contribution is 5.53. The molecule has 2 aliphatic heterocycles. The van der Waals surface area contributed by atoms with Crippen molar-refractivity contribution in [2.24, 2.45) is 0 Å². The minimum Gasteiger partial charge on any atom is -0.364 e. The molecule has 2 saturated heterocycles. The quantitative estimate of drug-likeness (QED) is 0.904. The van der Waals surface area contributed by atoms with Gasteiger partial charge in [-0.2, -0.15) is 0 Å². The van der Waals surface area contributed by atoms with Crippen LogP contribution in [0.1, 0.15) is 44.7 Å². The average Bonchev–Trinajstić information content (AvgIpc) is 2.39. The number of nitrogens with one attached hydrogen (secondary N) is 1. The van der Waals surface area contributed by atoms with E-state index in [9.17, 15) is 0 Å². The molecule has 0 saturated carbocycles. The molecule has 1 aromatic heterocycles. The van der Waals surface area contributed by atoms with Crippen molar-refractivity contribution in [3.05, 3.63) is 24.0 Å². The molecule has 2 atom stereocenters. The first kappa shape index (κ1) is 12.9. The lowest BCUT2D eigenvalue weighted by Crippen LogP contribution is -2.56. The molecule has 3 nitrogen and oxygen atoms in total. The van der Waals surface area contributed by atoms with Gasteiger partial charge in [-0.15, -0.1) is 0 Å². The molecular formula is C16H25N3. The third kappa shape index (κ3) is 2.48. The predicted octanol–water partition coefficient (Wildman–Crippen LogP) is 2.89. The van der Waals surface area contributed by atoms with Crippen LogP contribution >= 0.6 is 0 Å². The highest BCUT2D eigenvalue weighted by Crippen LogP contribution is 2.38. The molecule has 3 heterocycles. The van der Waals surface area contributed by atoms with Gasteiger partial charge in [-0.1, -0.05) is 6.92 Å². The fourth-order valence-corrected chi connectivity index (χ4v) is 3.98. The van der Waals surface area contributed by atoms with Crippen molar-refractivity contribution in [3.63, 3.8) is 0 Å². The van der Waals surface area contributed by atoms with E-state index in [1.807, 2.05) is 6.20 Å². The van der Waals surface area contributed by atoms with Crippen LogP contribution in [0.4, 0.5) is 5.69 Å². The molecular weight excluding hydrogens is 234 g/mol. The maximum Gasteiger partial charge on any atom is 0.0605 e. The number of aryl methyl sites for hydroxylation is 1. The van der Waals surface area contributed by atoms with Crippen LogP contribution in [0.3, 0.4) is 0 Å². The van der Waals surface area contributed by atoms with Crippen molar-refractivity contribution in [3.8, 4) is 0 Å². The van der Waals surface area contributed by atoms with Crippen molar-refractivity contribution < 1.29 is 0 Å². The number of hydrogen-bond acceptors (Lipinski definition) is 3. The van der Waals surface area contributed by atoms with Gasteiger partial charge >= 0.3 is 0 Å². The van der Waals surface area contributed by atoms with E-state index in [0.717, 1.165) is 6.54 Å². The van der Waals surface area contributed by atoms with Crippen molar-refractivity contribution in [1.82, 2.24) is 10.3 Å². The van der Waals surface area contributed by atoms with Gasteiger partial charge in [0, 0.05) is 24.3 Å². The Balaban J connectivity index is 1.85. The molecule has 2 aliphatic rings. The molecule has 0 aliphatic carbocycles. The Kier molecular flexibility index (Phi) is 3.74. The Morgan fingerprint density at radius 3 is 2.68 bits per heavy atom. The molecule has 3 rings (SSSR count). The van der Waals surface area contributed by atoms with Gasteiger partial charge in [0.05, 0.1) is 11.4 Å². The average molecular weight is 259 g/mol. The Morgan fingerprint density at radius 1 is 1.32 bits per heavy atom. The van der Waals surface area contributed by atoms with Crippen molar-refractivity contribution >= 4 is 5.69 Å². The van der Waals surface area contributed by atoms with E-state index in [1.54, 1.807) is 0 Å². The number of fused-ring (bicyclic) bond motifs is 2. The monoisotopic (exact) mass is 259 g/mol. The van der Waals surface area contributed by atoms with Gasteiger partial charge in [-0.3, -0.25) is 4.98 Å². The minimum atomic E-state index is 0.708. The van der Waals surface area contributed by atoms with Crippen LogP contribution in [0.25, 0.3) is 0 Å². The lowest BCUT2D eigenvalue weighted by molar-refractivity contribution is 0.247. The number of aromatic nitrogens is 1. The SMILES string of the molecule is CCNC1CC2CCCC(C1)N2c1cccnc1C. The van der Waals surface area contributed by atoms with E-state index in [-0.39, 0.29) is 0 Å². The van der Waals surface area contributed by atoms with Gasteiger partial charge in [-0.25, -0.2) is 0 Å². The number of piperidine rings is 2. The molecule has 2 fully saturated rings. The molecule has 2 bridgehead atoms. The first-order valence-electron chi connectivity index (χ1n) is 7.73. The molecule has 0 radical (unpaired) electrons. The Labute approximate surface area is 116 Å². The molecule has 3 heteroatoms. The fraction of sp³-hybridized carbons (Fsp3) is 0.688. The van der Waals surface area contributed by atoms with Crippen LogP contribution in [0.5, 0.6) is 0 Å². The molecule has 0 amide bonds. The highest BCUT2D eigenvalue weighted by Gasteiger charge is 2.38. The van der Waals surface area contributed by atoms with Crippen molar-refractivity contribution in [2.75, 3.05) is 11.4 Å². The molecule has 0 spiro atoms. The smallest absolute Gasteiger partial charge is 0.0605 e. The van der Waals surface area contributed by atoms with E-state index >= 15 is 0 Å². The topological polar surface area (TPSA) is 28.2 Å². The summed E-state index contributed by atoms with van der Waals surface area (Å²) in [6.07, 6.45) is 8.56. The van der Waals surface area contributed by atoms with Gasteiger partial charge in [0.2, 0.25) is 0 Å². The maximum atomic E-state index is 4.48. The van der Waals surface area contributed by atoms with Crippen molar-refractivity contribution in [2.45, 2.75) is 64.1 Å². The zero-order chi connectivity index (χ0) is 13.2. The minimum absolute atomic E-state index is 0.708. The molecule has 104 valence electrons. The Hall–Kier alpha value is -1.09. The van der Waals surface area contributed by atoms with Crippen LogP contribution in [0.15, 0.2) is 18.3 Å². The summed E-state index contributed by atoms with van der Waals surface area (Å²) in [5.41, 5.74) is 2.55. The summed E-state index contributed by atoms with van der Waals surface area (Å²) in [4.78, 5) is 7.16. The first-order valence-corrected chi connectivity index (χ1v) is 7.73. The molecule has 2 unspecified atom stereocenters.